The van der Waals surface area contributed by atoms with Crippen LogP contribution in [0.25, 0.3) is 0 Å². The molecule has 1 fully saturated rings. The van der Waals surface area contributed by atoms with E-state index in [0.717, 1.165) is 5.92 Å². The average molecular weight is 175 g/mol. The molecule has 0 amide bonds. The van der Waals surface area contributed by atoms with Crippen LogP contribution in [0.2, 0.25) is 0 Å². The molecule has 1 nitrogen and oxygen atoms in total. The highest BCUT2D eigenvalue weighted by Crippen LogP contribution is 2.28. The number of hydrogen-bond donors (Lipinski definition) is 1. The van der Waals surface area contributed by atoms with Gasteiger partial charge in [0, 0.05) is 6.04 Å². The minimum absolute atomic E-state index is 0.584. The lowest BCUT2D eigenvalue weighted by molar-refractivity contribution is 0.503. The summed E-state index contributed by atoms with van der Waals surface area (Å²) in [6.07, 6.45) is 1.30. The van der Waals surface area contributed by atoms with Crippen molar-refractivity contribution in [2.75, 3.05) is 6.54 Å². The van der Waals surface area contributed by atoms with Crippen LogP contribution in [0.15, 0.2) is 24.3 Å². The van der Waals surface area contributed by atoms with Gasteiger partial charge in [0.15, 0.2) is 0 Å². The average Bonchev–Trinajstić information content (AvgIpc) is 2.53. The third kappa shape index (κ3) is 1.75. The quantitative estimate of drug-likeness (QED) is 0.692. The lowest BCUT2D eigenvalue weighted by Crippen LogP contribution is -2.16. The highest BCUT2D eigenvalue weighted by Gasteiger charge is 2.23. The van der Waals surface area contributed by atoms with Crippen molar-refractivity contribution < 1.29 is 0 Å². The summed E-state index contributed by atoms with van der Waals surface area (Å²) < 4.78 is 0. The van der Waals surface area contributed by atoms with Gasteiger partial charge < -0.3 is 5.32 Å². The molecular weight excluding hydrogens is 158 g/mol. The fourth-order valence-corrected chi connectivity index (χ4v) is 2.05. The second-order valence-corrected chi connectivity index (χ2v) is 4.11. The van der Waals surface area contributed by atoms with E-state index in [0.29, 0.717) is 6.04 Å². The molecule has 1 aromatic carbocycles. The van der Waals surface area contributed by atoms with Gasteiger partial charge in [0.1, 0.15) is 0 Å². The van der Waals surface area contributed by atoms with Gasteiger partial charge in [-0.15, -0.1) is 0 Å². The Morgan fingerprint density at radius 2 is 1.92 bits per heavy atom. The van der Waals surface area contributed by atoms with Crippen molar-refractivity contribution in [2.45, 2.75) is 26.3 Å². The molecule has 1 saturated heterocycles. The van der Waals surface area contributed by atoms with Crippen LogP contribution in [0, 0.1) is 12.8 Å². The number of rotatable bonds is 1. The molecule has 0 radical (unpaired) electrons. The molecule has 1 heteroatoms. The molecule has 1 N–H and O–H groups in total. The van der Waals surface area contributed by atoms with Gasteiger partial charge in [-0.3, -0.25) is 0 Å². The molecule has 2 unspecified atom stereocenters. The van der Waals surface area contributed by atoms with Crippen molar-refractivity contribution in [1.82, 2.24) is 5.32 Å². The standard InChI is InChI=1S/C12H17N/c1-9-3-5-11(6-4-9)12-10(2)7-8-13-12/h3-6,10,12-13H,7-8H2,1-2H3. The first kappa shape index (κ1) is 8.76. The Labute approximate surface area is 80.2 Å². The van der Waals surface area contributed by atoms with Gasteiger partial charge >= 0.3 is 0 Å². The predicted octanol–water partition coefficient (Wildman–Crippen LogP) is 2.67. The van der Waals surface area contributed by atoms with E-state index < -0.39 is 0 Å². The van der Waals surface area contributed by atoms with E-state index in [1.807, 2.05) is 0 Å². The largest absolute Gasteiger partial charge is 0.310 e. The van der Waals surface area contributed by atoms with Gasteiger partial charge in [-0.05, 0) is 31.4 Å². The number of benzene rings is 1. The first-order valence-corrected chi connectivity index (χ1v) is 5.07. The predicted molar refractivity (Wildman–Crippen MR) is 55.7 cm³/mol. The maximum absolute atomic E-state index is 3.54. The second-order valence-electron chi connectivity index (χ2n) is 4.11. The highest BCUT2D eigenvalue weighted by atomic mass is 14.9. The zero-order chi connectivity index (χ0) is 9.26. The molecule has 2 atom stereocenters. The minimum Gasteiger partial charge on any atom is -0.310 e. The van der Waals surface area contributed by atoms with E-state index in [1.165, 1.54) is 24.1 Å². The molecule has 70 valence electrons. The van der Waals surface area contributed by atoms with E-state index >= 15 is 0 Å². The normalized spacial score (nSPS) is 27.8. The third-order valence-electron chi connectivity index (χ3n) is 2.97. The first-order valence-electron chi connectivity index (χ1n) is 5.07. The minimum atomic E-state index is 0.584. The summed E-state index contributed by atoms with van der Waals surface area (Å²) in [4.78, 5) is 0. The highest BCUT2D eigenvalue weighted by molar-refractivity contribution is 5.25. The summed E-state index contributed by atoms with van der Waals surface area (Å²) in [5.74, 6) is 0.780. The molecular formula is C12H17N. The van der Waals surface area contributed by atoms with E-state index in [2.05, 4.69) is 43.4 Å². The van der Waals surface area contributed by atoms with Gasteiger partial charge in [-0.25, -0.2) is 0 Å². The van der Waals surface area contributed by atoms with Crippen molar-refractivity contribution >= 4 is 0 Å². The molecule has 0 aliphatic carbocycles. The molecule has 1 aliphatic heterocycles. The van der Waals surface area contributed by atoms with Crippen LogP contribution in [-0.2, 0) is 0 Å². The Bertz CT molecular complexity index is 276. The lowest BCUT2D eigenvalue weighted by Gasteiger charge is -2.15. The summed E-state index contributed by atoms with van der Waals surface area (Å²) in [5, 5.41) is 3.54. The van der Waals surface area contributed by atoms with E-state index in [9.17, 15) is 0 Å². The summed E-state index contributed by atoms with van der Waals surface area (Å²) in [7, 11) is 0. The summed E-state index contributed by atoms with van der Waals surface area (Å²) in [6, 6.07) is 9.47. The zero-order valence-corrected chi connectivity index (χ0v) is 8.38. The third-order valence-corrected chi connectivity index (χ3v) is 2.97. The van der Waals surface area contributed by atoms with Gasteiger partial charge in [0.05, 0.1) is 0 Å². The van der Waals surface area contributed by atoms with E-state index in [4.69, 9.17) is 0 Å². The summed E-state index contributed by atoms with van der Waals surface area (Å²) >= 11 is 0. The fraction of sp³-hybridized carbons (Fsp3) is 0.500. The van der Waals surface area contributed by atoms with Gasteiger partial charge in [-0.2, -0.15) is 0 Å². The van der Waals surface area contributed by atoms with Crippen molar-refractivity contribution in [1.29, 1.82) is 0 Å². The van der Waals surface area contributed by atoms with Crippen LogP contribution in [0.1, 0.15) is 30.5 Å². The Hall–Kier alpha value is -0.820. The van der Waals surface area contributed by atoms with Crippen LogP contribution < -0.4 is 5.32 Å². The topological polar surface area (TPSA) is 12.0 Å². The van der Waals surface area contributed by atoms with Crippen molar-refractivity contribution in [2.24, 2.45) is 5.92 Å². The number of nitrogens with one attached hydrogen (secondary N) is 1. The van der Waals surface area contributed by atoms with Crippen molar-refractivity contribution in [3.63, 3.8) is 0 Å². The van der Waals surface area contributed by atoms with Crippen molar-refractivity contribution in [3.8, 4) is 0 Å². The lowest BCUT2D eigenvalue weighted by atomic mass is 9.95. The molecule has 2 rings (SSSR count). The van der Waals surface area contributed by atoms with Gasteiger partial charge in [0.2, 0.25) is 0 Å². The smallest absolute Gasteiger partial charge is 0.0346 e. The van der Waals surface area contributed by atoms with E-state index in [1.54, 1.807) is 0 Å². The van der Waals surface area contributed by atoms with Crippen LogP contribution in [-0.4, -0.2) is 6.54 Å². The SMILES string of the molecule is Cc1ccc(C2NCCC2C)cc1. The van der Waals surface area contributed by atoms with Crippen molar-refractivity contribution in [3.05, 3.63) is 35.4 Å². The molecule has 0 spiro atoms. The molecule has 0 aromatic heterocycles. The van der Waals surface area contributed by atoms with Crippen LogP contribution in [0.5, 0.6) is 0 Å². The maximum Gasteiger partial charge on any atom is 0.0346 e. The molecule has 13 heavy (non-hydrogen) atoms. The van der Waals surface area contributed by atoms with Crippen LogP contribution in [0.4, 0.5) is 0 Å². The van der Waals surface area contributed by atoms with Gasteiger partial charge in [0.25, 0.3) is 0 Å². The van der Waals surface area contributed by atoms with Crippen LogP contribution in [0.3, 0.4) is 0 Å². The summed E-state index contributed by atoms with van der Waals surface area (Å²) in [6.45, 7) is 5.62. The Morgan fingerprint density at radius 3 is 2.46 bits per heavy atom. The second kappa shape index (κ2) is 3.51. The number of hydrogen-bond acceptors (Lipinski definition) is 1. The molecule has 1 aromatic rings. The zero-order valence-electron chi connectivity index (χ0n) is 8.38. The Balaban J connectivity index is 2.20. The Morgan fingerprint density at radius 1 is 1.23 bits per heavy atom. The fourth-order valence-electron chi connectivity index (χ4n) is 2.05. The molecule has 0 bridgehead atoms. The monoisotopic (exact) mass is 175 g/mol. The molecule has 1 aliphatic rings. The maximum atomic E-state index is 3.54. The Kier molecular flexibility index (Phi) is 2.36. The molecule has 1 heterocycles. The van der Waals surface area contributed by atoms with Crippen LogP contribution >= 0.6 is 0 Å². The van der Waals surface area contributed by atoms with E-state index in [-0.39, 0.29) is 0 Å². The summed E-state index contributed by atoms with van der Waals surface area (Å²) in [5.41, 5.74) is 2.78. The number of aryl methyl sites for hydroxylation is 1. The first-order chi connectivity index (χ1) is 6.27. The molecule has 0 saturated carbocycles. The van der Waals surface area contributed by atoms with Gasteiger partial charge in [-0.1, -0.05) is 36.8 Å².